The number of benzene rings is 1. The maximum absolute atomic E-state index is 11.4. The van der Waals surface area contributed by atoms with E-state index in [2.05, 4.69) is 0 Å². The number of nitrogens with zero attached hydrogens (tertiary/aromatic N) is 1. The number of hydrogen-bond acceptors (Lipinski definition) is 5. The predicted octanol–water partition coefficient (Wildman–Crippen LogP) is -0.272. The molecule has 0 saturated carbocycles. The molecule has 0 aromatic heterocycles. The Bertz CT molecular complexity index is 488. The third-order valence-corrected chi connectivity index (χ3v) is 2.11. The zero-order valence-electron chi connectivity index (χ0n) is 8.31. The minimum atomic E-state index is -1.45. The van der Waals surface area contributed by atoms with Gasteiger partial charge in [0.15, 0.2) is 0 Å². The van der Waals surface area contributed by atoms with E-state index in [1.807, 2.05) is 5.32 Å². The molecule has 1 amide bonds. The van der Waals surface area contributed by atoms with Crippen LogP contribution in [0.25, 0.3) is 0 Å². The molecule has 0 unspecified atom stereocenters. The van der Waals surface area contributed by atoms with Crippen LogP contribution in [0.1, 0.15) is 10.4 Å². The number of carboxylic acid groups (broad SMARTS) is 1. The van der Waals surface area contributed by atoms with E-state index in [9.17, 15) is 24.8 Å². The summed E-state index contributed by atoms with van der Waals surface area (Å²) in [5, 5.41) is 22.4. The second kappa shape index (κ2) is 5.26. The van der Waals surface area contributed by atoms with Crippen molar-refractivity contribution in [3.05, 3.63) is 38.9 Å². The standard InChI is InChI=1S/C9H7ClN2O5/c10-7-3-5(12(16)17)1-2-6(7)9(15)11-4-8(13)14/h1-3H,4H2,(H,11,15)(H,13,14)/p-1. The molecule has 0 bridgehead atoms. The summed E-state index contributed by atoms with van der Waals surface area (Å²) in [6.07, 6.45) is 0. The Morgan fingerprint density at radius 2 is 2.06 bits per heavy atom. The average molecular weight is 258 g/mol. The molecule has 0 aliphatic carbocycles. The fourth-order valence-electron chi connectivity index (χ4n) is 1.05. The number of nitro groups is 1. The van der Waals surface area contributed by atoms with Crippen LogP contribution in [0.4, 0.5) is 5.69 Å². The molecule has 0 saturated heterocycles. The first-order chi connectivity index (χ1) is 7.91. The highest BCUT2D eigenvalue weighted by molar-refractivity contribution is 6.34. The maximum Gasteiger partial charge on any atom is 0.270 e. The zero-order valence-corrected chi connectivity index (χ0v) is 9.06. The summed E-state index contributed by atoms with van der Waals surface area (Å²) in [4.78, 5) is 31.3. The number of halogens is 1. The van der Waals surface area contributed by atoms with E-state index in [0.29, 0.717) is 0 Å². The lowest BCUT2D eigenvalue weighted by atomic mass is 10.2. The van der Waals surface area contributed by atoms with Crippen molar-refractivity contribution < 1.29 is 19.6 Å². The highest BCUT2D eigenvalue weighted by Crippen LogP contribution is 2.22. The van der Waals surface area contributed by atoms with Crippen LogP contribution in [-0.4, -0.2) is 23.3 Å². The number of nitro benzene ring substituents is 1. The Morgan fingerprint density at radius 3 is 2.53 bits per heavy atom. The number of nitrogens with one attached hydrogen (secondary N) is 1. The zero-order chi connectivity index (χ0) is 13.0. The molecule has 0 heterocycles. The van der Waals surface area contributed by atoms with Gasteiger partial charge in [0.1, 0.15) is 0 Å². The van der Waals surface area contributed by atoms with E-state index >= 15 is 0 Å². The Balaban J connectivity index is 2.88. The molecule has 0 atom stereocenters. The molecule has 1 rings (SSSR count). The van der Waals surface area contributed by atoms with E-state index in [1.165, 1.54) is 0 Å². The molecule has 1 N–H and O–H groups in total. The SMILES string of the molecule is O=C([O-])CNC(=O)c1ccc([N+](=O)[O-])cc1Cl. The Morgan fingerprint density at radius 1 is 1.41 bits per heavy atom. The molecule has 0 fully saturated rings. The largest absolute Gasteiger partial charge is 0.548 e. The van der Waals surface area contributed by atoms with E-state index in [0.717, 1.165) is 18.2 Å². The van der Waals surface area contributed by atoms with Crippen molar-refractivity contribution in [3.63, 3.8) is 0 Å². The van der Waals surface area contributed by atoms with Crippen molar-refractivity contribution in [3.8, 4) is 0 Å². The van der Waals surface area contributed by atoms with Crippen molar-refractivity contribution >= 4 is 29.2 Å². The van der Waals surface area contributed by atoms with Gasteiger partial charge in [0.2, 0.25) is 0 Å². The molecule has 8 heteroatoms. The number of amides is 1. The van der Waals surface area contributed by atoms with E-state index in [4.69, 9.17) is 11.6 Å². The van der Waals surface area contributed by atoms with Gasteiger partial charge in [-0.05, 0) is 6.07 Å². The maximum atomic E-state index is 11.4. The summed E-state index contributed by atoms with van der Waals surface area (Å²) in [6.45, 7) is -0.661. The number of non-ortho nitro benzene ring substituents is 1. The molecule has 90 valence electrons. The van der Waals surface area contributed by atoms with Gasteiger partial charge < -0.3 is 15.2 Å². The minimum Gasteiger partial charge on any atom is -0.548 e. The number of aliphatic carboxylic acids is 1. The molecule has 0 aliphatic heterocycles. The summed E-state index contributed by atoms with van der Waals surface area (Å²) in [7, 11) is 0. The Hall–Kier alpha value is -2.15. The first kappa shape index (κ1) is 12.9. The van der Waals surface area contributed by atoms with Gasteiger partial charge in [-0.3, -0.25) is 14.9 Å². The number of carboxylic acids is 1. The van der Waals surface area contributed by atoms with Crippen LogP contribution in [0.5, 0.6) is 0 Å². The summed E-state index contributed by atoms with van der Waals surface area (Å²) < 4.78 is 0. The Kier molecular flexibility index (Phi) is 4.00. The summed E-state index contributed by atoms with van der Waals surface area (Å²) >= 11 is 5.66. The third kappa shape index (κ3) is 3.42. The molecule has 7 nitrogen and oxygen atoms in total. The normalized spacial score (nSPS) is 9.71. The molecule has 0 aliphatic rings. The van der Waals surface area contributed by atoms with Crippen LogP contribution in [0, 0.1) is 10.1 Å². The van der Waals surface area contributed by atoms with Gasteiger partial charge in [-0.25, -0.2) is 0 Å². The van der Waals surface area contributed by atoms with Gasteiger partial charge in [0, 0.05) is 12.1 Å². The van der Waals surface area contributed by atoms with Crippen molar-refractivity contribution in [2.24, 2.45) is 0 Å². The van der Waals surface area contributed by atoms with E-state index in [-0.39, 0.29) is 16.3 Å². The monoisotopic (exact) mass is 257 g/mol. The lowest BCUT2D eigenvalue weighted by molar-refractivity contribution is -0.384. The molecule has 1 aromatic carbocycles. The predicted molar refractivity (Wildman–Crippen MR) is 55.4 cm³/mol. The number of hydrogen-bond donors (Lipinski definition) is 1. The van der Waals surface area contributed by atoms with Crippen molar-refractivity contribution in [2.75, 3.05) is 6.54 Å². The number of carbonyl (C=O) groups is 2. The van der Waals surface area contributed by atoms with E-state index < -0.39 is 23.3 Å². The molecule has 0 spiro atoms. The smallest absolute Gasteiger partial charge is 0.270 e. The fourth-order valence-corrected chi connectivity index (χ4v) is 1.31. The minimum absolute atomic E-state index is 0.0430. The quantitative estimate of drug-likeness (QED) is 0.589. The summed E-state index contributed by atoms with van der Waals surface area (Å²) in [6, 6.07) is 3.25. The third-order valence-electron chi connectivity index (χ3n) is 1.80. The van der Waals surface area contributed by atoms with Gasteiger partial charge in [-0.1, -0.05) is 11.6 Å². The molecular formula is C9H6ClN2O5-. The molecule has 0 radical (unpaired) electrons. The van der Waals surface area contributed by atoms with Gasteiger partial charge in [-0.2, -0.15) is 0 Å². The first-order valence-corrected chi connectivity index (χ1v) is 4.71. The van der Waals surface area contributed by atoms with Crippen molar-refractivity contribution in [1.29, 1.82) is 0 Å². The van der Waals surface area contributed by atoms with Crippen molar-refractivity contribution in [2.45, 2.75) is 0 Å². The second-order valence-corrected chi connectivity index (χ2v) is 3.38. The average Bonchev–Trinajstić information content (AvgIpc) is 2.25. The van der Waals surface area contributed by atoms with Gasteiger partial charge in [-0.15, -0.1) is 0 Å². The van der Waals surface area contributed by atoms with Crippen LogP contribution in [0.3, 0.4) is 0 Å². The number of rotatable bonds is 4. The first-order valence-electron chi connectivity index (χ1n) is 4.34. The van der Waals surface area contributed by atoms with Gasteiger partial charge in [0.05, 0.1) is 28.0 Å². The summed E-state index contributed by atoms with van der Waals surface area (Å²) in [5.74, 6) is -2.19. The number of carbonyl (C=O) groups excluding carboxylic acids is 2. The van der Waals surface area contributed by atoms with Gasteiger partial charge in [0.25, 0.3) is 11.6 Å². The van der Waals surface area contributed by atoms with Crippen LogP contribution >= 0.6 is 11.6 Å². The van der Waals surface area contributed by atoms with Crippen LogP contribution in [0.2, 0.25) is 5.02 Å². The summed E-state index contributed by atoms with van der Waals surface area (Å²) in [5.41, 5.74) is -0.301. The van der Waals surface area contributed by atoms with Crippen LogP contribution in [-0.2, 0) is 4.79 Å². The van der Waals surface area contributed by atoms with E-state index in [1.54, 1.807) is 0 Å². The second-order valence-electron chi connectivity index (χ2n) is 2.98. The fraction of sp³-hybridized carbons (Fsp3) is 0.111. The highest BCUT2D eigenvalue weighted by atomic mass is 35.5. The molecule has 1 aromatic rings. The van der Waals surface area contributed by atoms with Crippen LogP contribution < -0.4 is 10.4 Å². The molecule has 17 heavy (non-hydrogen) atoms. The Labute approximate surface area is 100 Å². The van der Waals surface area contributed by atoms with Crippen molar-refractivity contribution in [1.82, 2.24) is 5.32 Å². The van der Waals surface area contributed by atoms with Gasteiger partial charge >= 0.3 is 0 Å². The topological polar surface area (TPSA) is 112 Å². The molecular weight excluding hydrogens is 252 g/mol. The lowest BCUT2D eigenvalue weighted by Crippen LogP contribution is -2.37. The van der Waals surface area contributed by atoms with Crippen LogP contribution in [0.15, 0.2) is 18.2 Å². The highest BCUT2D eigenvalue weighted by Gasteiger charge is 2.14. The lowest BCUT2D eigenvalue weighted by Gasteiger charge is -2.06.